The topological polar surface area (TPSA) is 187 Å². The predicted molar refractivity (Wildman–Crippen MR) is 93.0 cm³/mol. The normalized spacial score (nSPS) is 10.3. The van der Waals surface area contributed by atoms with E-state index in [1.807, 2.05) is 0 Å². The summed E-state index contributed by atoms with van der Waals surface area (Å²) >= 11 is -5.15. The first-order valence-electron chi connectivity index (χ1n) is 7.07. The molecule has 2 rings (SSSR count). The van der Waals surface area contributed by atoms with Crippen molar-refractivity contribution in [1.29, 1.82) is 0 Å². The van der Waals surface area contributed by atoms with Gasteiger partial charge in [-0.05, 0) is 6.07 Å². The van der Waals surface area contributed by atoms with Crippen molar-refractivity contribution in [3.63, 3.8) is 0 Å². The van der Waals surface area contributed by atoms with Gasteiger partial charge in [-0.15, -0.1) is 0 Å². The Balaban J connectivity index is 0.000000277. The van der Waals surface area contributed by atoms with Gasteiger partial charge in [-0.2, -0.15) is 0 Å². The van der Waals surface area contributed by atoms with Gasteiger partial charge < -0.3 is 5.11 Å². The minimum Gasteiger partial charge on any atom is -0.477 e. The standard InChI is InChI=1S/C8H10AsNO5.C7H5NO4/c1-5(11)10-6-2-3-8(12)7(4-6)9(13,14)15;9-7(10)5-3-1-2-4-6(5)8(11)12/h2-4,12H,1H3,(H,10,11)(H2,13,14,15);1-4H,(H,9,10). The Morgan fingerprint density at radius 3 is 2.19 bits per heavy atom. The number of carboxylic acids is 1. The van der Waals surface area contributed by atoms with Gasteiger partial charge >= 0.3 is 94.1 Å². The van der Waals surface area contributed by atoms with Crippen molar-refractivity contribution in [3.05, 3.63) is 58.1 Å². The summed E-state index contributed by atoms with van der Waals surface area (Å²) in [5.74, 6) is -2.12. The first-order chi connectivity index (χ1) is 12.4. The number of phenols is 1. The summed E-state index contributed by atoms with van der Waals surface area (Å²) in [7, 11) is 0. The van der Waals surface area contributed by atoms with Gasteiger partial charge in [-0.25, -0.2) is 4.79 Å². The second-order valence-corrected chi connectivity index (χ2v) is 8.30. The van der Waals surface area contributed by atoms with Crippen LogP contribution in [0.4, 0.5) is 11.4 Å². The average molecular weight is 442 g/mol. The molecule has 2 aromatic rings. The summed E-state index contributed by atoms with van der Waals surface area (Å²) in [6.45, 7) is 1.27. The Morgan fingerprint density at radius 1 is 1.15 bits per heavy atom. The molecule has 0 bridgehead atoms. The predicted octanol–water partition coefficient (Wildman–Crippen LogP) is 0.205. The number of nitrogens with one attached hydrogen (secondary N) is 1. The van der Waals surface area contributed by atoms with Gasteiger partial charge in [0.25, 0.3) is 5.69 Å². The van der Waals surface area contributed by atoms with Gasteiger partial charge in [-0.3, -0.25) is 10.1 Å². The fourth-order valence-corrected chi connectivity index (χ4v) is 3.28. The molecule has 27 heavy (non-hydrogen) atoms. The number of para-hydroxylation sites is 1. The number of nitro groups is 1. The molecule has 0 atom stereocenters. The zero-order chi connectivity index (χ0) is 20.8. The number of phenolic OH excluding ortho intramolecular Hbond substituents is 1. The van der Waals surface area contributed by atoms with Gasteiger partial charge in [0.15, 0.2) is 0 Å². The zero-order valence-electron chi connectivity index (χ0n) is 13.8. The maximum atomic E-state index is 11.0. The number of hydrogen-bond acceptors (Lipinski definition) is 6. The molecule has 0 saturated carbocycles. The van der Waals surface area contributed by atoms with Gasteiger partial charge in [-0.1, -0.05) is 12.1 Å². The van der Waals surface area contributed by atoms with Crippen LogP contribution in [0.15, 0.2) is 42.5 Å². The van der Waals surface area contributed by atoms with Crippen LogP contribution in [-0.4, -0.2) is 49.4 Å². The molecule has 0 radical (unpaired) electrons. The number of carbonyl (C=O) groups excluding carboxylic acids is 1. The summed E-state index contributed by atoms with van der Waals surface area (Å²) in [4.78, 5) is 30.7. The molecule has 0 unspecified atom stereocenters. The molecule has 0 aromatic heterocycles. The summed E-state index contributed by atoms with van der Waals surface area (Å²) in [5.41, 5.74) is -0.437. The van der Waals surface area contributed by atoms with E-state index in [0.717, 1.165) is 18.2 Å². The molecule has 12 heteroatoms. The van der Waals surface area contributed by atoms with Crippen LogP contribution in [0.5, 0.6) is 5.75 Å². The Hall–Kier alpha value is -3.14. The molecular formula is C15H15AsN2O9. The van der Waals surface area contributed by atoms with Crippen molar-refractivity contribution in [2.24, 2.45) is 0 Å². The van der Waals surface area contributed by atoms with Crippen LogP contribution in [0.25, 0.3) is 0 Å². The molecule has 0 aliphatic rings. The third-order valence-electron chi connectivity index (χ3n) is 2.94. The Morgan fingerprint density at radius 2 is 1.74 bits per heavy atom. The summed E-state index contributed by atoms with van der Waals surface area (Å²) in [6.07, 6.45) is 0. The van der Waals surface area contributed by atoms with Crippen molar-refractivity contribution >= 4 is 41.8 Å². The molecule has 1 amide bonds. The van der Waals surface area contributed by atoms with Crippen molar-refractivity contribution in [2.75, 3.05) is 5.32 Å². The van der Waals surface area contributed by atoms with E-state index in [2.05, 4.69) is 5.32 Å². The van der Waals surface area contributed by atoms with Gasteiger partial charge in [0.05, 0.1) is 4.92 Å². The SMILES string of the molecule is CC(=O)Nc1ccc(O)c([As](=O)(O)O)c1.O=C(O)c1ccccc1[N+](=O)[O-]. The third-order valence-corrected chi connectivity index (χ3v) is 5.01. The largest absolute Gasteiger partial charge is 0.477 e. The third kappa shape index (κ3) is 6.59. The van der Waals surface area contributed by atoms with Gasteiger partial charge in [0.1, 0.15) is 5.56 Å². The maximum absolute atomic E-state index is 11.0. The molecule has 0 saturated heterocycles. The molecule has 0 aliphatic carbocycles. The molecule has 0 heterocycles. The smallest absolute Gasteiger partial charge is 0.342 e. The fraction of sp³-hybridized carbons (Fsp3) is 0.0667. The number of aromatic carboxylic acids is 1. The van der Waals surface area contributed by atoms with E-state index >= 15 is 0 Å². The number of carbonyl (C=O) groups is 2. The van der Waals surface area contributed by atoms with Crippen LogP contribution in [0, 0.1) is 10.1 Å². The summed E-state index contributed by atoms with van der Waals surface area (Å²) in [6, 6.07) is 8.76. The molecule has 2 aromatic carbocycles. The molecule has 0 spiro atoms. The molecule has 5 N–H and O–H groups in total. The van der Waals surface area contributed by atoms with E-state index in [1.54, 1.807) is 0 Å². The first kappa shape index (κ1) is 21.9. The Kier molecular flexibility index (Phi) is 7.29. The quantitative estimate of drug-likeness (QED) is 0.191. The summed E-state index contributed by atoms with van der Waals surface area (Å²) < 4.78 is 28.4. The van der Waals surface area contributed by atoms with Gasteiger partial charge in [0.2, 0.25) is 0 Å². The van der Waals surface area contributed by atoms with E-state index in [0.29, 0.717) is 0 Å². The summed E-state index contributed by atoms with van der Waals surface area (Å²) in [5, 5.41) is 30.4. The van der Waals surface area contributed by atoms with Crippen LogP contribution >= 0.6 is 0 Å². The average Bonchev–Trinajstić information content (AvgIpc) is 2.55. The number of nitro benzene ring substituents is 1. The number of rotatable bonds is 4. The van der Waals surface area contributed by atoms with Crippen LogP contribution < -0.4 is 9.67 Å². The van der Waals surface area contributed by atoms with E-state index in [4.69, 9.17) is 13.3 Å². The van der Waals surface area contributed by atoms with Crippen LogP contribution in [0.3, 0.4) is 0 Å². The zero-order valence-corrected chi connectivity index (χ0v) is 15.6. The molecular weight excluding hydrogens is 427 g/mol. The van der Waals surface area contributed by atoms with Crippen LogP contribution in [0.2, 0.25) is 0 Å². The van der Waals surface area contributed by atoms with Crippen molar-refractivity contribution in [1.82, 2.24) is 0 Å². The number of benzene rings is 2. The van der Waals surface area contributed by atoms with E-state index in [9.17, 15) is 28.5 Å². The molecule has 144 valence electrons. The Bertz CT molecular complexity index is 890. The number of hydrogen-bond donors (Lipinski definition) is 5. The van der Waals surface area contributed by atoms with Crippen LogP contribution in [0.1, 0.15) is 17.3 Å². The minimum atomic E-state index is -5.15. The maximum Gasteiger partial charge on any atom is 0.342 e. The van der Waals surface area contributed by atoms with Crippen molar-refractivity contribution in [3.8, 4) is 5.75 Å². The number of carboxylic acid groups (broad SMARTS) is 1. The minimum absolute atomic E-state index is 0.236. The van der Waals surface area contributed by atoms with E-state index in [-0.39, 0.29) is 22.8 Å². The number of aromatic hydroxyl groups is 1. The van der Waals surface area contributed by atoms with E-state index < -0.39 is 35.2 Å². The number of anilines is 1. The van der Waals surface area contributed by atoms with Gasteiger partial charge in [0, 0.05) is 6.07 Å². The Labute approximate surface area is 155 Å². The van der Waals surface area contributed by atoms with Crippen molar-refractivity contribution in [2.45, 2.75) is 6.92 Å². The number of nitrogens with zero attached hydrogens (tertiary/aromatic N) is 1. The second-order valence-electron chi connectivity index (χ2n) is 5.01. The monoisotopic (exact) mass is 442 g/mol. The van der Waals surface area contributed by atoms with Crippen LogP contribution in [-0.2, 0) is 8.53 Å². The molecule has 0 aliphatic heterocycles. The molecule has 0 fully saturated rings. The second kappa shape index (κ2) is 8.99. The van der Waals surface area contributed by atoms with Crippen molar-refractivity contribution < 1.29 is 36.7 Å². The first-order valence-corrected chi connectivity index (χ1v) is 10.4. The number of amides is 1. The molecule has 11 nitrogen and oxygen atoms in total. The fourth-order valence-electron chi connectivity index (χ4n) is 1.85. The van der Waals surface area contributed by atoms with E-state index in [1.165, 1.54) is 31.2 Å².